The number of nitrogens with zero attached hydrogens (tertiary/aromatic N) is 7. The molecule has 12 heteroatoms. The molecule has 1 aliphatic heterocycles. The lowest BCUT2D eigenvalue weighted by Gasteiger charge is -2.34. The van der Waals surface area contributed by atoms with Crippen LogP contribution in [0.15, 0.2) is 90.4 Å². The van der Waals surface area contributed by atoms with Crippen LogP contribution in [0.1, 0.15) is 0 Å². The van der Waals surface area contributed by atoms with Crippen LogP contribution < -0.4 is 25.8 Å². The molecule has 0 aliphatic carbocycles. The highest BCUT2D eigenvalue weighted by Crippen LogP contribution is 2.32. The maximum Gasteiger partial charge on any atom is 0.270 e. The van der Waals surface area contributed by atoms with Crippen LogP contribution in [-0.4, -0.2) is 75.1 Å². The molecule has 0 saturated carbocycles. The third-order valence-corrected chi connectivity index (χ3v) is 8.01. The predicted molar refractivity (Wildman–Crippen MR) is 176 cm³/mol. The summed E-state index contributed by atoms with van der Waals surface area (Å²) in [6, 6.07) is 20.7. The average molecular weight is 602 g/mol. The van der Waals surface area contributed by atoms with E-state index in [1.165, 1.54) is 12.3 Å². The van der Waals surface area contributed by atoms with E-state index in [0.29, 0.717) is 50.7 Å². The number of amides is 1. The number of fused-ring (bicyclic) bond motifs is 4. The van der Waals surface area contributed by atoms with Crippen molar-refractivity contribution in [3.8, 4) is 11.4 Å². The molecule has 0 spiro atoms. The Morgan fingerprint density at radius 1 is 0.978 bits per heavy atom. The van der Waals surface area contributed by atoms with Gasteiger partial charge in [0, 0.05) is 49.8 Å². The molecule has 3 aromatic carbocycles. The Morgan fingerprint density at radius 2 is 1.80 bits per heavy atom. The summed E-state index contributed by atoms with van der Waals surface area (Å²) in [5.74, 6) is 0.959. The summed E-state index contributed by atoms with van der Waals surface area (Å²) in [6.45, 7) is 7.41. The number of rotatable bonds is 7. The Kier molecular flexibility index (Phi) is 7.10. The van der Waals surface area contributed by atoms with E-state index in [1.807, 2.05) is 48.5 Å². The standard InChI is InChI=1S/C33H31N9O3/c1-4-29(43)35-21-8-7-9-23(18-21)41-30-24(31(44)42-27-11-6-5-10-25(27)37-33(41)42)20-34-32(38-30)36-26-13-12-22(19-28(26)45-3)40-16-14-39(2)15-17-40/h4-13,18-20H,1,14-17H2,2-3H3,(H,35,43)(H,34,36,38). The molecular weight excluding hydrogens is 570 g/mol. The summed E-state index contributed by atoms with van der Waals surface area (Å²) in [7, 11) is 3.76. The number of hydrogen-bond acceptors (Lipinski definition) is 9. The van der Waals surface area contributed by atoms with Crippen LogP contribution >= 0.6 is 0 Å². The van der Waals surface area contributed by atoms with Gasteiger partial charge in [0.2, 0.25) is 17.6 Å². The molecule has 1 fully saturated rings. The van der Waals surface area contributed by atoms with Crippen molar-refractivity contribution in [1.29, 1.82) is 0 Å². The molecule has 0 radical (unpaired) electrons. The van der Waals surface area contributed by atoms with Crippen LogP contribution in [0, 0.1) is 0 Å². The van der Waals surface area contributed by atoms with Gasteiger partial charge >= 0.3 is 0 Å². The number of likely N-dealkylation sites (N-methyl/N-ethyl adjacent to an activating group) is 1. The van der Waals surface area contributed by atoms with E-state index in [4.69, 9.17) is 14.7 Å². The minimum Gasteiger partial charge on any atom is -0.494 e. The summed E-state index contributed by atoms with van der Waals surface area (Å²) >= 11 is 0. The SMILES string of the molecule is C=CC(=O)Nc1cccc(-n2c3nc(Nc4ccc(N5CCN(C)CC5)cc4OC)ncc3c(=O)n3c4ccccc4nc23)c1. The lowest BCUT2D eigenvalue weighted by molar-refractivity contribution is -0.111. The van der Waals surface area contributed by atoms with Crippen molar-refractivity contribution in [1.82, 2.24) is 28.8 Å². The van der Waals surface area contributed by atoms with E-state index in [1.54, 1.807) is 28.2 Å². The van der Waals surface area contributed by atoms with E-state index in [2.05, 4.69) is 45.1 Å². The van der Waals surface area contributed by atoms with E-state index >= 15 is 0 Å². The Balaban J connectivity index is 1.37. The molecule has 45 heavy (non-hydrogen) atoms. The smallest absolute Gasteiger partial charge is 0.270 e. The highest BCUT2D eigenvalue weighted by atomic mass is 16.5. The minimum absolute atomic E-state index is 0.276. The van der Waals surface area contributed by atoms with Gasteiger partial charge in [-0.05, 0) is 55.6 Å². The molecule has 0 bridgehead atoms. The quantitative estimate of drug-likeness (QED) is 0.259. The normalized spacial score (nSPS) is 13.8. The molecule has 4 heterocycles. The van der Waals surface area contributed by atoms with Gasteiger partial charge in [0.25, 0.3) is 5.56 Å². The Labute approximate surface area is 258 Å². The molecule has 6 aromatic rings. The van der Waals surface area contributed by atoms with Crippen molar-refractivity contribution in [2.45, 2.75) is 0 Å². The topological polar surface area (TPSA) is 122 Å². The number of piperazine rings is 1. The third kappa shape index (κ3) is 5.10. The van der Waals surface area contributed by atoms with Gasteiger partial charge in [-0.3, -0.25) is 14.2 Å². The number of benzene rings is 3. The molecule has 3 aromatic heterocycles. The number of carbonyl (C=O) groups excluding carboxylic acids is 1. The van der Waals surface area contributed by atoms with Gasteiger partial charge in [-0.2, -0.15) is 4.98 Å². The number of ether oxygens (including phenoxy) is 1. The van der Waals surface area contributed by atoms with Crippen LogP contribution in [0.2, 0.25) is 0 Å². The first-order valence-electron chi connectivity index (χ1n) is 14.5. The van der Waals surface area contributed by atoms with Gasteiger partial charge in [-0.15, -0.1) is 0 Å². The predicted octanol–water partition coefficient (Wildman–Crippen LogP) is 4.21. The number of nitrogens with one attached hydrogen (secondary N) is 2. The van der Waals surface area contributed by atoms with Crippen LogP contribution in [0.3, 0.4) is 0 Å². The second-order valence-electron chi connectivity index (χ2n) is 10.9. The lowest BCUT2D eigenvalue weighted by atomic mass is 10.2. The molecule has 1 aliphatic rings. The highest BCUT2D eigenvalue weighted by molar-refractivity contribution is 5.99. The maximum absolute atomic E-state index is 13.9. The Bertz CT molecular complexity index is 2160. The number of aromatic nitrogens is 5. The molecule has 7 rings (SSSR count). The Hall–Kier alpha value is -5.75. The van der Waals surface area contributed by atoms with E-state index < -0.39 is 0 Å². The van der Waals surface area contributed by atoms with Gasteiger partial charge in [-0.1, -0.05) is 24.8 Å². The zero-order valence-corrected chi connectivity index (χ0v) is 24.9. The lowest BCUT2D eigenvalue weighted by Crippen LogP contribution is -2.44. The minimum atomic E-state index is -0.338. The number of para-hydroxylation sites is 2. The van der Waals surface area contributed by atoms with Gasteiger partial charge < -0.3 is 25.2 Å². The van der Waals surface area contributed by atoms with Gasteiger partial charge in [0.05, 0.1) is 29.5 Å². The zero-order chi connectivity index (χ0) is 31.1. The molecule has 226 valence electrons. The van der Waals surface area contributed by atoms with Crippen molar-refractivity contribution in [2.24, 2.45) is 0 Å². The first-order chi connectivity index (χ1) is 21.9. The van der Waals surface area contributed by atoms with Crippen molar-refractivity contribution >= 4 is 56.8 Å². The maximum atomic E-state index is 13.9. The van der Waals surface area contributed by atoms with Crippen LogP contribution in [0.25, 0.3) is 33.5 Å². The fourth-order valence-electron chi connectivity index (χ4n) is 5.65. The number of imidazole rings is 1. The van der Waals surface area contributed by atoms with Crippen molar-refractivity contribution in [2.75, 3.05) is 55.9 Å². The van der Waals surface area contributed by atoms with Crippen LogP contribution in [0.4, 0.5) is 23.0 Å². The fourth-order valence-corrected chi connectivity index (χ4v) is 5.65. The monoisotopic (exact) mass is 601 g/mol. The van der Waals surface area contributed by atoms with Crippen molar-refractivity contribution in [3.05, 3.63) is 95.9 Å². The molecular formula is C33H31N9O3. The van der Waals surface area contributed by atoms with E-state index in [0.717, 1.165) is 31.9 Å². The van der Waals surface area contributed by atoms with Crippen LogP contribution in [-0.2, 0) is 4.79 Å². The summed E-state index contributed by atoms with van der Waals surface area (Å²) < 4.78 is 9.10. The van der Waals surface area contributed by atoms with Gasteiger partial charge in [0.15, 0.2) is 5.65 Å². The number of hydrogen-bond donors (Lipinski definition) is 2. The second kappa shape index (κ2) is 11.4. The third-order valence-electron chi connectivity index (χ3n) is 8.01. The molecule has 12 nitrogen and oxygen atoms in total. The van der Waals surface area contributed by atoms with Crippen molar-refractivity contribution in [3.63, 3.8) is 0 Å². The van der Waals surface area contributed by atoms with Gasteiger partial charge in [0.1, 0.15) is 11.1 Å². The number of anilines is 4. The zero-order valence-electron chi connectivity index (χ0n) is 24.9. The Morgan fingerprint density at radius 3 is 2.60 bits per heavy atom. The highest BCUT2D eigenvalue weighted by Gasteiger charge is 2.20. The van der Waals surface area contributed by atoms with Crippen molar-refractivity contribution < 1.29 is 9.53 Å². The largest absolute Gasteiger partial charge is 0.494 e. The average Bonchev–Trinajstić information content (AvgIpc) is 3.45. The summed E-state index contributed by atoms with van der Waals surface area (Å²) in [4.78, 5) is 44.8. The molecule has 2 N–H and O–H groups in total. The molecule has 0 unspecified atom stereocenters. The first kappa shape index (κ1) is 28.0. The van der Waals surface area contributed by atoms with Gasteiger partial charge in [-0.25, -0.2) is 14.4 Å². The molecule has 1 amide bonds. The number of methoxy groups -OCH3 is 1. The first-order valence-corrected chi connectivity index (χ1v) is 14.5. The number of carbonyl (C=O) groups is 1. The van der Waals surface area contributed by atoms with E-state index in [-0.39, 0.29) is 17.4 Å². The molecule has 0 atom stereocenters. The summed E-state index contributed by atoms with van der Waals surface area (Å²) in [5, 5.41) is 6.38. The second-order valence-corrected chi connectivity index (χ2v) is 10.9. The summed E-state index contributed by atoms with van der Waals surface area (Å²) in [6.07, 6.45) is 2.73. The summed E-state index contributed by atoms with van der Waals surface area (Å²) in [5.41, 5.74) is 4.34. The molecule has 1 saturated heterocycles. The fraction of sp³-hybridized carbons (Fsp3) is 0.182. The van der Waals surface area contributed by atoms with Crippen LogP contribution in [0.5, 0.6) is 5.75 Å². The van der Waals surface area contributed by atoms with E-state index in [9.17, 15) is 9.59 Å².